The summed E-state index contributed by atoms with van der Waals surface area (Å²) in [5, 5.41) is 11.2. The fourth-order valence-electron chi connectivity index (χ4n) is 3.07. The molecular formula is C17H25N3O. The van der Waals surface area contributed by atoms with Crippen LogP contribution in [0, 0.1) is 11.3 Å². The number of nitrogens with one attached hydrogen (secondary N) is 2. The molecule has 2 rings (SSSR count). The lowest BCUT2D eigenvalue weighted by atomic mass is 9.90. The first kappa shape index (κ1) is 15.5. The maximum atomic E-state index is 12.7. The molecule has 0 bridgehead atoms. The third kappa shape index (κ3) is 3.26. The van der Waals surface area contributed by atoms with E-state index in [2.05, 4.69) is 38.2 Å². The van der Waals surface area contributed by atoms with Crippen LogP contribution >= 0.6 is 0 Å². The Labute approximate surface area is 127 Å². The largest absolute Gasteiger partial charge is 0.342 e. The number of nitrogens with zero attached hydrogens (tertiary/aromatic N) is 1. The van der Waals surface area contributed by atoms with Gasteiger partial charge in [-0.2, -0.15) is 0 Å². The summed E-state index contributed by atoms with van der Waals surface area (Å²) in [6.07, 6.45) is 0.741. The van der Waals surface area contributed by atoms with Crippen LogP contribution in [-0.2, 0) is 4.79 Å². The van der Waals surface area contributed by atoms with Crippen molar-refractivity contribution in [3.05, 3.63) is 35.9 Å². The number of hydrogen-bond donors (Lipinski definition) is 2. The smallest absolute Gasteiger partial charge is 0.254 e. The molecule has 4 heteroatoms. The average molecular weight is 287 g/mol. The van der Waals surface area contributed by atoms with Crippen LogP contribution in [-0.4, -0.2) is 28.9 Å². The molecule has 1 amide bonds. The minimum atomic E-state index is -0.637. The van der Waals surface area contributed by atoms with Crippen LogP contribution < -0.4 is 5.32 Å². The first-order valence-corrected chi connectivity index (χ1v) is 7.57. The number of hydrogen-bond acceptors (Lipinski definition) is 2. The van der Waals surface area contributed by atoms with Crippen LogP contribution in [0.1, 0.15) is 45.6 Å². The van der Waals surface area contributed by atoms with Gasteiger partial charge in [-0.3, -0.25) is 15.1 Å². The van der Waals surface area contributed by atoms with Crippen molar-refractivity contribution >= 4 is 11.9 Å². The number of benzene rings is 1. The van der Waals surface area contributed by atoms with E-state index in [1.165, 1.54) is 5.56 Å². The lowest BCUT2D eigenvalue weighted by molar-refractivity contribution is -0.131. The molecule has 1 aromatic rings. The molecule has 1 saturated heterocycles. The molecule has 2 unspecified atom stereocenters. The van der Waals surface area contributed by atoms with Gasteiger partial charge in [0.15, 0.2) is 5.96 Å². The van der Waals surface area contributed by atoms with Gasteiger partial charge < -0.3 is 5.32 Å². The van der Waals surface area contributed by atoms with Gasteiger partial charge in [0.05, 0.1) is 0 Å². The molecule has 4 nitrogen and oxygen atoms in total. The highest BCUT2D eigenvalue weighted by molar-refractivity contribution is 6.07. The van der Waals surface area contributed by atoms with Gasteiger partial charge in [0, 0.05) is 6.54 Å². The molecule has 1 heterocycles. The van der Waals surface area contributed by atoms with Crippen molar-refractivity contribution in [1.29, 1.82) is 5.41 Å². The second-order valence-corrected chi connectivity index (χ2v) is 6.63. The summed E-state index contributed by atoms with van der Waals surface area (Å²) in [7, 11) is 0. The topological polar surface area (TPSA) is 56.2 Å². The quantitative estimate of drug-likeness (QED) is 0.874. The van der Waals surface area contributed by atoms with Crippen LogP contribution in [0.2, 0.25) is 0 Å². The number of rotatable bonds is 5. The van der Waals surface area contributed by atoms with Crippen LogP contribution in [0.15, 0.2) is 30.3 Å². The summed E-state index contributed by atoms with van der Waals surface area (Å²) < 4.78 is 0. The summed E-state index contributed by atoms with van der Waals surface area (Å²) in [5.74, 6) is 0.861. The van der Waals surface area contributed by atoms with Crippen LogP contribution in [0.25, 0.3) is 0 Å². The lowest BCUT2D eigenvalue weighted by Gasteiger charge is -2.25. The van der Waals surface area contributed by atoms with Crippen LogP contribution in [0.4, 0.5) is 0 Å². The zero-order valence-corrected chi connectivity index (χ0v) is 13.3. The highest BCUT2D eigenvalue weighted by Crippen LogP contribution is 2.27. The van der Waals surface area contributed by atoms with E-state index in [1.54, 1.807) is 4.90 Å². The van der Waals surface area contributed by atoms with Gasteiger partial charge >= 0.3 is 0 Å². The highest BCUT2D eigenvalue weighted by atomic mass is 16.2. The van der Waals surface area contributed by atoms with E-state index >= 15 is 0 Å². The minimum absolute atomic E-state index is 0.0176. The van der Waals surface area contributed by atoms with Gasteiger partial charge in [-0.15, -0.1) is 0 Å². The summed E-state index contributed by atoms with van der Waals surface area (Å²) in [5.41, 5.74) is 0.553. The molecule has 1 aromatic carbocycles. The normalized spacial score (nSPS) is 23.6. The predicted molar refractivity (Wildman–Crippen MR) is 85.3 cm³/mol. The highest BCUT2D eigenvalue weighted by Gasteiger charge is 2.46. The van der Waals surface area contributed by atoms with Crippen molar-refractivity contribution in [2.75, 3.05) is 6.54 Å². The summed E-state index contributed by atoms with van der Waals surface area (Å²) in [4.78, 5) is 14.2. The van der Waals surface area contributed by atoms with Gasteiger partial charge in [-0.05, 0) is 30.7 Å². The van der Waals surface area contributed by atoms with E-state index in [0.29, 0.717) is 12.5 Å². The van der Waals surface area contributed by atoms with E-state index < -0.39 is 5.54 Å². The third-order valence-corrected chi connectivity index (χ3v) is 4.02. The fourth-order valence-corrected chi connectivity index (χ4v) is 3.07. The Morgan fingerprint density at radius 3 is 2.43 bits per heavy atom. The third-order valence-electron chi connectivity index (χ3n) is 4.02. The predicted octanol–water partition coefficient (Wildman–Crippen LogP) is 2.96. The van der Waals surface area contributed by atoms with Gasteiger partial charge in [0.25, 0.3) is 5.91 Å². The SMILES string of the molecule is CC(C)CC1(C)NC(=N)N(CC(C)c2ccccc2)C1=O. The maximum Gasteiger partial charge on any atom is 0.254 e. The van der Waals surface area contributed by atoms with Crippen LogP contribution in [0.5, 0.6) is 0 Å². The second-order valence-electron chi connectivity index (χ2n) is 6.63. The monoisotopic (exact) mass is 287 g/mol. The Morgan fingerprint density at radius 2 is 1.86 bits per heavy atom. The zero-order chi connectivity index (χ0) is 15.6. The van der Waals surface area contributed by atoms with E-state index in [1.807, 2.05) is 25.1 Å². The Kier molecular flexibility index (Phi) is 4.35. The molecular weight excluding hydrogens is 262 g/mol. The summed E-state index contributed by atoms with van der Waals surface area (Å²) >= 11 is 0. The molecule has 1 fully saturated rings. The molecule has 0 spiro atoms. The molecule has 2 N–H and O–H groups in total. The van der Waals surface area contributed by atoms with Crippen LogP contribution in [0.3, 0.4) is 0 Å². The van der Waals surface area contributed by atoms with Crippen molar-refractivity contribution in [3.8, 4) is 0 Å². The fraction of sp³-hybridized carbons (Fsp3) is 0.529. The Hall–Kier alpha value is -1.84. The summed E-state index contributed by atoms with van der Waals surface area (Å²) in [6, 6.07) is 10.1. The minimum Gasteiger partial charge on any atom is -0.342 e. The second kappa shape index (κ2) is 5.88. The summed E-state index contributed by atoms with van der Waals surface area (Å²) in [6.45, 7) is 8.73. The molecule has 0 aliphatic carbocycles. The van der Waals surface area contributed by atoms with Crippen molar-refractivity contribution < 1.29 is 4.79 Å². The first-order valence-electron chi connectivity index (χ1n) is 7.57. The van der Waals surface area contributed by atoms with Crippen molar-refractivity contribution in [2.45, 2.75) is 45.6 Å². The van der Waals surface area contributed by atoms with Gasteiger partial charge in [-0.25, -0.2) is 0 Å². The number of carbonyl (C=O) groups excluding carboxylic acids is 1. The number of carbonyl (C=O) groups is 1. The maximum absolute atomic E-state index is 12.7. The molecule has 1 aliphatic heterocycles. The molecule has 0 aromatic heterocycles. The lowest BCUT2D eigenvalue weighted by Crippen LogP contribution is -2.45. The van der Waals surface area contributed by atoms with E-state index in [9.17, 15) is 4.79 Å². The van der Waals surface area contributed by atoms with Gasteiger partial charge in [0.1, 0.15) is 5.54 Å². The standard InChI is InChI=1S/C17H25N3O/c1-12(2)10-17(4)15(21)20(16(18)19-17)11-13(3)14-8-6-5-7-9-14/h5-9,12-13H,10-11H2,1-4H3,(H2,18,19). The molecule has 0 radical (unpaired) electrons. The van der Waals surface area contributed by atoms with E-state index in [-0.39, 0.29) is 17.8 Å². The van der Waals surface area contributed by atoms with Gasteiger partial charge in [0.2, 0.25) is 0 Å². The van der Waals surface area contributed by atoms with E-state index in [4.69, 9.17) is 5.41 Å². The molecule has 114 valence electrons. The Bertz CT molecular complexity index is 526. The molecule has 1 aliphatic rings. The number of guanidine groups is 1. The average Bonchev–Trinajstić information content (AvgIpc) is 2.62. The van der Waals surface area contributed by atoms with Crippen molar-refractivity contribution in [1.82, 2.24) is 10.2 Å². The molecule has 21 heavy (non-hydrogen) atoms. The molecule has 2 atom stereocenters. The van der Waals surface area contributed by atoms with Gasteiger partial charge in [-0.1, -0.05) is 51.1 Å². The Morgan fingerprint density at radius 1 is 1.24 bits per heavy atom. The Balaban J connectivity index is 2.11. The van der Waals surface area contributed by atoms with Crippen molar-refractivity contribution in [2.24, 2.45) is 5.92 Å². The molecule has 0 saturated carbocycles. The first-order chi connectivity index (χ1) is 9.83. The zero-order valence-electron chi connectivity index (χ0n) is 13.3. The van der Waals surface area contributed by atoms with Crippen molar-refractivity contribution in [3.63, 3.8) is 0 Å². The number of amides is 1. The van der Waals surface area contributed by atoms with E-state index in [0.717, 1.165) is 6.42 Å².